The first-order valence-corrected chi connectivity index (χ1v) is 11.5. The fourth-order valence-electron chi connectivity index (χ4n) is 4.08. The first kappa shape index (κ1) is 23.7. The Kier molecular flexibility index (Phi) is 6.51. The highest BCUT2D eigenvalue weighted by Gasteiger charge is 2.32. The number of hydrogen-bond acceptors (Lipinski definition) is 8. The van der Waals surface area contributed by atoms with Crippen LogP contribution in [0.3, 0.4) is 0 Å². The van der Waals surface area contributed by atoms with E-state index in [4.69, 9.17) is 9.47 Å². The van der Waals surface area contributed by atoms with Gasteiger partial charge in [0.2, 0.25) is 5.95 Å². The van der Waals surface area contributed by atoms with E-state index < -0.39 is 11.6 Å². The summed E-state index contributed by atoms with van der Waals surface area (Å²) in [5.41, 5.74) is 1.37. The van der Waals surface area contributed by atoms with Gasteiger partial charge in [0.05, 0.1) is 19.0 Å². The lowest BCUT2D eigenvalue weighted by molar-refractivity contribution is 0.0383. The van der Waals surface area contributed by atoms with E-state index in [0.717, 1.165) is 24.6 Å². The molecule has 10 heteroatoms. The average molecular weight is 493 g/mol. The first-order valence-electron chi connectivity index (χ1n) is 11.5. The van der Waals surface area contributed by atoms with Gasteiger partial charge < -0.3 is 25.0 Å². The number of pyridine rings is 1. The smallest absolute Gasteiger partial charge is 0.229 e. The predicted octanol–water partition coefficient (Wildman–Crippen LogP) is 5.27. The van der Waals surface area contributed by atoms with Crippen molar-refractivity contribution in [2.75, 3.05) is 31.8 Å². The van der Waals surface area contributed by atoms with Crippen LogP contribution in [0.15, 0.2) is 54.9 Å². The standard InChI is InChI=1S/C26H26F2N6O2/c1-34(2)19-12-20(13-19)36-22-5-4-17(11-23(22)35-3)32-26-29-7-6-24(33-26)31-18-9-15-8-16(27)10-21(28)25(15)30-14-18/h4-11,14,19-20H,12-13H2,1-3H3,(H2,29,31,32,33). The van der Waals surface area contributed by atoms with Crippen LogP contribution in [0.25, 0.3) is 10.9 Å². The molecule has 0 amide bonds. The highest BCUT2D eigenvalue weighted by atomic mass is 19.1. The van der Waals surface area contributed by atoms with Crippen LogP contribution in [0.4, 0.5) is 31.9 Å². The number of hydrogen-bond donors (Lipinski definition) is 2. The molecule has 0 radical (unpaired) electrons. The normalized spacial score (nSPS) is 17.1. The topological polar surface area (TPSA) is 84.4 Å². The molecule has 2 N–H and O–H groups in total. The summed E-state index contributed by atoms with van der Waals surface area (Å²) in [4.78, 5) is 15.0. The molecule has 4 aromatic rings. The van der Waals surface area contributed by atoms with Crippen LogP contribution < -0.4 is 20.1 Å². The van der Waals surface area contributed by atoms with Gasteiger partial charge in [-0.05, 0) is 57.3 Å². The van der Waals surface area contributed by atoms with Gasteiger partial charge in [-0.1, -0.05) is 0 Å². The molecule has 186 valence electrons. The van der Waals surface area contributed by atoms with Gasteiger partial charge in [0.15, 0.2) is 17.3 Å². The number of anilines is 4. The average Bonchev–Trinajstić information content (AvgIpc) is 2.81. The lowest BCUT2D eigenvalue weighted by atomic mass is 9.88. The van der Waals surface area contributed by atoms with Crippen LogP contribution in [0.1, 0.15) is 12.8 Å². The Hall–Kier alpha value is -4.05. The molecule has 0 bridgehead atoms. The Morgan fingerprint density at radius 3 is 2.56 bits per heavy atom. The van der Waals surface area contributed by atoms with Crippen molar-refractivity contribution in [3.05, 3.63) is 66.5 Å². The van der Waals surface area contributed by atoms with E-state index >= 15 is 0 Å². The quantitative estimate of drug-likeness (QED) is 0.344. The molecular formula is C26H26F2N6O2. The second-order valence-corrected chi connectivity index (χ2v) is 8.89. The fourth-order valence-corrected chi connectivity index (χ4v) is 4.08. The van der Waals surface area contributed by atoms with Crippen molar-refractivity contribution >= 4 is 34.0 Å². The van der Waals surface area contributed by atoms with Crippen LogP contribution in [0.2, 0.25) is 0 Å². The minimum Gasteiger partial charge on any atom is -0.493 e. The van der Waals surface area contributed by atoms with Crippen molar-refractivity contribution in [1.29, 1.82) is 0 Å². The number of rotatable bonds is 8. The van der Waals surface area contributed by atoms with Gasteiger partial charge in [-0.15, -0.1) is 0 Å². The van der Waals surface area contributed by atoms with Crippen molar-refractivity contribution in [3.8, 4) is 11.5 Å². The lowest BCUT2D eigenvalue weighted by Gasteiger charge is -2.39. The molecule has 0 spiro atoms. The number of nitrogens with one attached hydrogen (secondary N) is 2. The summed E-state index contributed by atoms with van der Waals surface area (Å²) in [6.45, 7) is 0. The maximum atomic E-state index is 13.9. The highest BCUT2D eigenvalue weighted by Crippen LogP contribution is 2.36. The monoisotopic (exact) mass is 492 g/mol. The van der Waals surface area contributed by atoms with Crippen LogP contribution in [-0.2, 0) is 0 Å². The zero-order chi connectivity index (χ0) is 25.2. The van der Waals surface area contributed by atoms with Gasteiger partial charge in [-0.2, -0.15) is 4.98 Å². The summed E-state index contributed by atoms with van der Waals surface area (Å²) < 4.78 is 39.1. The maximum absolute atomic E-state index is 13.9. The minimum atomic E-state index is -0.706. The van der Waals surface area contributed by atoms with Crippen molar-refractivity contribution in [1.82, 2.24) is 19.9 Å². The number of methoxy groups -OCH3 is 1. The van der Waals surface area contributed by atoms with Gasteiger partial charge in [0.25, 0.3) is 0 Å². The predicted molar refractivity (Wildman–Crippen MR) is 134 cm³/mol. The number of nitrogens with zero attached hydrogens (tertiary/aromatic N) is 4. The molecule has 8 nitrogen and oxygen atoms in total. The Bertz CT molecular complexity index is 1390. The van der Waals surface area contributed by atoms with Crippen LogP contribution in [-0.4, -0.2) is 53.2 Å². The first-order chi connectivity index (χ1) is 17.4. The molecular weight excluding hydrogens is 466 g/mol. The summed E-state index contributed by atoms with van der Waals surface area (Å²) in [6, 6.07) is 11.5. The maximum Gasteiger partial charge on any atom is 0.229 e. The summed E-state index contributed by atoms with van der Waals surface area (Å²) in [5, 5.41) is 6.60. The molecule has 0 unspecified atom stereocenters. The molecule has 1 aliphatic carbocycles. The molecule has 2 heterocycles. The minimum absolute atomic E-state index is 0.100. The summed E-state index contributed by atoms with van der Waals surface area (Å²) in [5.74, 6) is 0.780. The molecule has 1 saturated carbocycles. The summed E-state index contributed by atoms with van der Waals surface area (Å²) in [6.07, 6.45) is 5.21. The number of halogens is 2. The SMILES string of the molecule is COc1cc(Nc2nccc(Nc3cnc4c(F)cc(F)cc4c3)n2)ccc1OC1CC(N(C)C)C1. The van der Waals surface area contributed by atoms with Gasteiger partial charge in [-0.25, -0.2) is 13.8 Å². The third kappa shape index (κ3) is 5.13. The molecule has 2 aromatic heterocycles. The van der Waals surface area contributed by atoms with Gasteiger partial charge in [0.1, 0.15) is 23.3 Å². The molecule has 1 aliphatic rings. The van der Waals surface area contributed by atoms with Gasteiger partial charge in [-0.3, -0.25) is 4.98 Å². The Morgan fingerprint density at radius 1 is 0.944 bits per heavy atom. The van der Waals surface area contributed by atoms with E-state index in [9.17, 15) is 8.78 Å². The van der Waals surface area contributed by atoms with Gasteiger partial charge in [0, 0.05) is 35.4 Å². The number of aromatic nitrogens is 3. The van der Waals surface area contributed by atoms with Crippen LogP contribution >= 0.6 is 0 Å². The van der Waals surface area contributed by atoms with Crippen LogP contribution in [0, 0.1) is 11.6 Å². The Labute approximate surface area is 207 Å². The summed E-state index contributed by atoms with van der Waals surface area (Å²) in [7, 11) is 5.76. The van der Waals surface area contributed by atoms with E-state index in [2.05, 4.69) is 44.6 Å². The van der Waals surface area contributed by atoms with E-state index in [1.54, 1.807) is 25.4 Å². The number of benzene rings is 2. The van der Waals surface area contributed by atoms with E-state index in [-0.39, 0.29) is 11.6 Å². The largest absolute Gasteiger partial charge is 0.493 e. The van der Waals surface area contributed by atoms with Crippen molar-refractivity contribution in [2.24, 2.45) is 0 Å². The molecule has 2 aromatic carbocycles. The van der Waals surface area contributed by atoms with Gasteiger partial charge >= 0.3 is 0 Å². The zero-order valence-electron chi connectivity index (χ0n) is 20.1. The Balaban J connectivity index is 1.27. The third-order valence-electron chi connectivity index (χ3n) is 6.14. The van der Waals surface area contributed by atoms with E-state index in [0.29, 0.717) is 40.4 Å². The molecule has 36 heavy (non-hydrogen) atoms. The molecule has 5 rings (SSSR count). The second kappa shape index (κ2) is 9.90. The Morgan fingerprint density at radius 2 is 1.78 bits per heavy atom. The summed E-state index contributed by atoms with van der Waals surface area (Å²) >= 11 is 0. The van der Waals surface area contributed by atoms with Crippen molar-refractivity contribution in [3.63, 3.8) is 0 Å². The molecule has 0 atom stereocenters. The number of ether oxygens (including phenoxy) is 2. The van der Waals surface area contributed by atoms with Crippen LogP contribution in [0.5, 0.6) is 11.5 Å². The van der Waals surface area contributed by atoms with Crippen molar-refractivity contribution in [2.45, 2.75) is 25.0 Å². The lowest BCUT2D eigenvalue weighted by Crippen LogP contribution is -2.46. The fraction of sp³-hybridized carbons (Fsp3) is 0.269. The van der Waals surface area contributed by atoms with E-state index in [1.807, 2.05) is 18.2 Å². The molecule has 0 saturated heterocycles. The second-order valence-electron chi connectivity index (χ2n) is 8.89. The highest BCUT2D eigenvalue weighted by molar-refractivity contribution is 5.83. The number of fused-ring (bicyclic) bond motifs is 1. The third-order valence-corrected chi connectivity index (χ3v) is 6.14. The van der Waals surface area contributed by atoms with E-state index in [1.165, 1.54) is 12.3 Å². The molecule has 1 fully saturated rings. The zero-order valence-corrected chi connectivity index (χ0v) is 20.1. The van der Waals surface area contributed by atoms with Crippen molar-refractivity contribution < 1.29 is 18.3 Å². The molecule has 0 aliphatic heterocycles.